The molecule has 1 atom stereocenters. The Hall–Kier alpha value is -2.08. The first-order valence-corrected chi connectivity index (χ1v) is 6.67. The molecule has 0 aliphatic carbocycles. The number of aromatic nitrogens is 1. The van der Waals surface area contributed by atoms with Crippen molar-refractivity contribution < 1.29 is 9.90 Å². The molecular formula is C13H15N3O2S. The zero-order chi connectivity index (χ0) is 14.0. The third kappa shape index (κ3) is 2.85. The highest BCUT2D eigenvalue weighted by Gasteiger charge is 2.14. The molecule has 0 spiro atoms. The van der Waals surface area contributed by atoms with Crippen LogP contribution < -0.4 is 11.1 Å². The maximum atomic E-state index is 11.0. The Morgan fingerprint density at radius 2 is 2.26 bits per heavy atom. The van der Waals surface area contributed by atoms with Crippen LogP contribution in [-0.2, 0) is 0 Å². The quantitative estimate of drug-likeness (QED) is 0.748. The van der Waals surface area contributed by atoms with Crippen LogP contribution in [0, 0.1) is 6.92 Å². The van der Waals surface area contributed by atoms with Gasteiger partial charge < -0.3 is 16.2 Å². The Balaban J connectivity index is 2.24. The summed E-state index contributed by atoms with van der Waals surface area (Å²) in [5, 5.41) is 15.1. The molecule has 5 nitrogen and oxygen atoms in total. The van der Waals surface area contributed by atoms with E-state index in [4.69, 9.17) is 10.8 Å². The van der Waals surface area contributed by atoms with E-state index >= 15 is 0 Å². The van der Waals surface area contributed by atoms with Crippen molar-refractivity contribution in [2.24, 2.45) is 0 Å². The number of nitrogens with one attached hydrogen (secondary N) is 1. The standard InChI is InChI=1S/C13H15N3O2S/c1-7-6-19-12(15-7)8(2)16-10-5-3-4-9(11(10)14)13(17)18/h3-6,8,16H,14H2,1-2H3,(H,17,18). The first-order valence-electron chi connectivity index (χ1n) is 5.79. The van der Waals surface area contributed by atoms with Crippen molar-refractivity contribution in [3.8, 4) is 0 Å². The summed E-state index contributed by atoms with van der Waals surface area (Å²) in [5.41, 5.74) is 7.79. The van der Waals surface area contributed by atoms with Crippen molar-refractivity contribution >= 4 is 28.7 Å². The Morgan fingerprint density at radius 3 is 2.84 bits per heavy atom. The van der Waals surface area contributed by atoms with Gasteiger partial charge in [-0.1, -0.05) is 6.07 Å². The minimum atomic E-state index is -1.03. The van der Waals surface area contributed by atoms with Crippen molar-refractivity contribution in [3.05, 3.63) is 39.8 Å². The fraction of sp³-hybridized carbons (Fsp3) is 0.231. The van der Waals surface area contributed by atoms with Gasteiger partial charge in [0.1, 0.15) is 5.01 Å². The van der Waals surface area contributed by atoms with E-state index in [1.54, 1.807) is 23.5 Å². The largest absolute Gasteiger partial charge is 0.478 e. The minimum absolute atomic E-state index is 0.0231. The molecule has 2 rings (SSSR count). The molecule has 100 valence electrons. The summed E-state index contributed by atoms with van der Waals surface area (Å²) in [7, 11) is 0. The van der Waals surface area contributed by atoms with Gasteiger partial charge in [0.15, 0.2) is 0 Å². The lowest BCUT2D eigenvalue weighted by molar-refractivity contribution is 0.0698. The molecular weight excluding hydrogens is 262 g/mol. The van der Waals surface area contributed by atoms with E-state index in [1.807, 2.05) is 19.2 Å². The lowest BCUT2D eigenvalue weighted by Gasteiger charge is -2.15. The van der Waals surface area contributed by atoms with Gasteiger partial charge in [0.25, 0.3) is 0 Å². The van der Waals surface area contributed by atoms with Crippen LogP contribution in [0.25, 0.3) is 0 Å². The van der Waals surface area contributed by atoms with Crippen LogP contribution >= 0.6 is 11.3 Å². The maximum absolute atomic E-state index is 11.0. The summed E-state index contributed by atoms with van der Waals surface area (Å²) < 4.78 is 0. The summed E-state index contributed by atoms with van der Waals surface area (Å²) in [4.78, 5) is 15.4. The molecule has 0 saturated carbocycles. The first-order chi connectivity index (χ1) is 8.99. The van der Waals surface area contributed by atoms with E-state index in [-0.39, 0.29) is 17.3 Å². The molecule has 0 aliphatic rings. The number of para-hydroxylation sites is 1. The molecule has 2 aromatic rings. The van der Waals surface area contributed by atoms with Gasteiger partial charge in [0.2, 0.25) is 0 Å². The molecule has 1 aromatic carbocycles. The molecule has 0 saturated heterocycles. The number of hydrogen-bond donors (Lipinski definition) is 3. The lowest BCUT2D eigenvalue weighted by atomic mass is 10.1. The number of carboxylic acid groups (broad SMARTS) is 1. The number of carbonyl (C=O) groups is 1. The molecule has 4 N–H and O–H groups in total. The highest BCUT2D eigenvalue weighted by atomic mass is 32.1. The van der Waals surface area contributed by atoms with Crippen LogP contribution in [0.4, 0.5) is 11.4 Å². The monoisotopic (exact) mass is 277 g/mol. The number of aromatic carboxylic acids is 1. The molecule has 1 aromatic heterocycles. The summed E-state index contributed by atoms with van der Waals surface area (Å²) in [6, 6.07) is 4.90. The van der Waals surface area contributed by atoms with Crippen molar-refractivity contribution in [2.45, 2.75) is 19.9 Å². The fourth-order valence-electron chi connectivity index (χ4n) is 1.74. The third-order valence-electron chi connectivity index (χ3n) is 2.72. The maximum Gasteiger partial charge on any atom is 0.337 e. The average molecular weight is 277 g/mol. The summed E-state index contributed by atoms with van der Waals surface area (Å²) in [6.07, 6.45) is 0. The van der Waals surface area contributed by atoms with E-state index < -0.39 is 5.97 Å². The van der Waals surface area contributed by atoms with Gasteiger partial charge >= 0.3 is 5.97 Å². The minimum Gasteiger partial charge on any atom is -0.478 e. The molecule has 0 fully saturated rings. The topological polar surface area (TPSA) is 88.2 Å². The van der Waals surface area contributed by atoms with Gasteiger partial charge in [-0.05, 0) is 26.0 Å². The van der Waals surface area contributed by atoms with Gasteiger partial charge in [0.05, 0.1) is 23.0 Å². The van der Waals surface area contributed by atoms with Crippen molar-refractivity contribution in [1.29, 1.82) is 0 Å². The number of nitrogen functional groups attached to an aromatic ring is 1. The zero-order valence-electron chi connectivity index (χ0n) is 10.7. The van der Waals surface area contributed by atoms with Crippen molar-refractivity contribution in [1.82, 2.24) is 4.98 Å². The van der Waals surface area contributed by atoms with Crippen molar-refractivity contribution in [3.63, 3.8) is 0 Å². The van der Waals surface area contributed by atoms with Gasteiger partial charge in [-0.2, -0.15) is 0 Å². The van der Waals surface area contributed by atoms with Crippen LogP contribution in [0.3, 0.4) is 0 Å². The fourth-order valence-corrected chi connectivity index (χ4v) is 2.55. The summed E-state index contributed by atoms with van der Waals surface area (Å²) in [6.45, 7) is 3.90. The molecule has 0 radical (unpaired) electrons. The smallest absolute Gasteiger partial charge is 0.337 e. The normalized spacial score (nSPS) is 12.1. The molecule has 6 heteroatoms. The second-order valence-corrected chi connectivity index (χ2v) is 5.15. The number of anilines is 2. The SMILES string of the molecule is Cc1csc(C(C)Nc2cccc(C(=O)O)c2N)n1. The van der Waals surface area contributed by atoms with E-state index in [1.165, 1.54) is 6.07 Å². The number of aryl methyl sites for hydroxylation is 1. The Bertz CT molecular complexity index is 610. The van der Waals surface area contributed by atoms with Gasteiger partial charge in [-0.15, -0.1) is 11.3 Å². The van der Waals surface area contributed by atoms with Crippen LogP contribution in [0.2, 0.25) is 0 Å². The number of rotatable bonds is 4. The van der Waals surface area contributed by atoms with E-state index in [0.29, 0.717) is 5.69 Å². The van der Waals surface area contributed by atoms with Crippen LogP contribution in [-0.4, -0.2) is 16.1 Å². The van der Waals surface area contributed by atoms with Gasteiger partial charge in [-0.3, -0.25) is 0 Å². The molecule has 0 aliphatic heterocycles. The van der Waals surface area contributed by atoms with Gasteiger partial charge in [0, 0.05) is 11.1 Å². The average Bonchev–Trinajstić information content (AvgIpc) is 2.78. The molecule has 0 bridgehead atoms. The first kappa shape index (κ1) is 13.4. The number of benzene rings is 1. The lowest BCUT2D eigenvalue weighted by Crippen LogP contribution is -2.11. The van der Waals surface area contributed by atoms with Crippen LogP contribution in [0.15, 0.2) is 23.6 Å². The predicted octanol–water partition coefficient (Wildman–Crippen LogP) is 2.91. The predicted molar refractivity (Wildman–Crippen MR) is 76.7 cm³/mol. The summed E-state index contributed by atoms with van der Waals surface area (Å²) in [5.74, 6) is -1.03. The second-order valence-electron chi connectivity index (χ2n) is 4.27. The number of nitrogens with zero attached hydrogens (tertiary/aromatic N) is 1. The highest BCUT2D eigenvalue weighted by Crippen LogP contribution is 2.28. The molecule has 1 unspecified atom stereocenters. The second kappa shape index (κ2) is 5.27. The van der Waals surface area contributed by atoms with Crippen molar-refractivity contribution in [2.75, 3.05) is 11.1 Å². The highest BCUT2D eigenvalue weighted by molar-refractivity contribution is 7.09. The molecule has 19 heavy (non-hydrogen) atoms. The zero-order valence-corrected chi connectivity index (χ0v) is 11.5. The molecule has 1 heterocycles. The van der Waals surface area contributed by atoms with Crippen LogP contribution in [0.5, 0.6) is 0 Å². The number of thiazole rings is 1. The number of nitrogens with two attached hydrogens (primary N) is 1. The number of hydrogen-bond acceptors (Lipinski definition) is 5. The Labute approximate surface area is 115 Å². The van der Waals surface area contributed by atoms with Crippen LogP contribution in [0.1, 0.15) is 34.0 Å². The number of carboxylic acids is 1. The van der Waals surface area contributed by atoms with E-state index in [9.17, 15) is 4.79 Å². The van der Waals surface area contributed by atoms with E-state index in [0.717, 1.165) is 10.7 Å². The summed E-state index contributed by atoms with van der Waals surface area (Å²) >= 11 is 1.56. The Morgan fingerprint density at radius 1 is 1.53 bits per heavy atom. The molecule has 0 amide bonds. The Kier molecular flexibility index (Phi) is 3.71. The third-order valence-corrected chi connectivity index (χ3v) is 3.86. The van der Waals surface area contributed by atoms with Gasteiger partial charge in [-0.25, -0.2) is 9.78 Å². The van der Waals surface area contributed by atoms with E-state index in [2.05, 4.69) is 10.3 Å².